The Morgan fingerprint density at radius 3 is 2.59 bits per heavy atom. The number of hydrogen-bond acceptors (Lipinski definition) is 7. The lowest BCUT2D eigenvalue weighted by Gasteiger charge is -2.50. The largest absolute Gasteiger partial charge is 0.444 e. The van der Waals surface area contributed by atoms with Crippen molar-refractivity contribution in [3.05, 3.63) is 51.6 Å². The minimum atomic E-state index is -0.679. The lowest BCUT2D eigenvalue weighted by Crippen LogP contribution is -2.66. The van der Waals surface area contributed by atoms with Crippen LogP contribution in [0.25, 0.3) is 12.2 Å². The van der Waals surface area contributed by atoms with E-state index in [4.69, 9.17) is 4.74 Å². The van der Waals surface area contributed by atoms with Gasteiger partial charge in [-0.15, -0.1) is 11.3 Å². The predicted molar refractivity (Wildman–Crippen MR) is 142 cm³/mol. The van der Waals surface area contributed by atoms with E-state index in [1.807, 2.05) is 37.1 Å². The highest BCUT2D eigenvalue weighted by atomic mass is 32.1. The van der Waals surface area contributed by atoms with E-state index in [1.165, 1.54) is 5.57 Å². The first kappa shape index (κ1) is 25.1. The second kappa shape index (κ2) is 9.74. The van der Waals surface area contributed by atoms with Crippen LogP contribution in [0.1, 0.15) is 49.7 Å². The summed E-state index contributed by atoms with van der Waals surface area (Å²) in [7, 11) is 0. The maximum absolute atomic E-state index is 12.8. The number of carbonyl (C=O) groups excluding carboxylic acids is 3. The Kier molecular flexibility index (Phi) is 6.61. The van der Waals surface area contributed by atoms with Crippen molar-refractivity contribution in [3.8, 4) is 0 Å². The fourth-order valence-corrected chi connectivity index (χ4v) is 5.48. The molecule has 1 N–H and O–H groups in total. The van der Waals surface area contributed by atoms with Gasteiger partial charge in [0.1, 0.15) is 16.4 Å². The topological polar surface area (TPSA) is 105 Å². The normalized spacial score (nSPS) is 18.9. The molecular formula is C27H31N5O4S. The summed E-state index contributed by atoms with van der Waals surface area (Å²) < 4.78 is 5.43. The molecule has 10 heteroatoms. The molecule has 0 unspecified atom stereocenters. The lowest BCUT2D eigenvalue weighted by atomic mass is 9.72. The average Bonchev–Trinajstić information content (AvgIpc) is 3.33. The van der Waals surface area contributed by atoms with Crippen LogP contribution in [0.4, 0.5) is 10.6 Å². The highest BCUT2D eigenvalue weighted by Crippen LogP contribution is 2.41. The van der Waals surface area contributed by atoms with Gasteiger partial charge in [0.2, 0.25) is 11.8 Å². The number of piperidine rings is 1. The first-order chi connectivity index (χ1) is 17.6. The summed E-state index contributed by atoms with van der Waals surface area (Å²) in [4.78, 5) is 50.0. The summed E-state index contributed by atoms with van der Waals surface area (Å²) in [6.45, 7) is 7.44. The van der Waals surface area contributed by atoms with Gasteiger partial charge < -0.3 is 19.9 Å². The summed E-state index contributed by atoms with van der Waals surface area (Å²) in [5.74, 6) is 0.382. The van der Waals surface area contributed by atoms with Gasteiger partial charge in [0.25, 0.3) is 0 Å². The van der Waals surface area contributed by atoms with Crippen molar-refractivity contribution >= 4 is 47.2 Å². The average molecular weight is 522 g/mol. The molecule has 3 aliphatic rings. The monoisotopic (exact) mass is 521 g/mol. The zero-order chi connectivity index (χ0) is 26.2. The Morgan fingerprint density at radius 1 is 1.16 bits per heavy atom. The summed E-state index contributed by atoms with van der Waals surface area (Å²) >= 11 is 1.62. The second-order valence-corrected chi connectivity index (χ2v) is 11.8. The summed E-state index contributed by atoms with van der Waals surface area (Å²) in [6.07, 6.45) is 10.7. The first-order valence-electron chi connectivity index (χ1n) is 12.4. The highest BCUT2D eigenvalue weighted by molar-refractivity contribution is 7.10. The van der Waals surface area contributed by atoms with Crippen LogP contribution < -0.4 is 5.32 Å². The molecule has 2 fully saturated rings. The van der Waals surface area contributed by atoms with Crippen molar-refractivity contribution in [2.45, 2.75) is 45.6 Å². The molecule has 0 saturated carbocycles. The maximum Gasteiger partial charge on any atom is 0.410 e. The number of aromatic nitrogens is 2. The fourth-order valence-electron chi connectivity index (χ4n) is 4.86. The van der Waals surface area contributed by atoms with E-state index in [2.05, 4.69) is 21.4 Å². The van der Waals surface area contributed by atoms with Gasteiger partial charge in [0, 0.05) is 50.0 Å². The Hall–Kier alpha value is -3.53. The van der Waals surface area contributed by atoms with Crippen LogP contribution in [-0.2, 0) is 20.7 Å². The molecule has 2 aromatic rings. The minimum Gasteiger partial charge on any atom is -0.444 e. The van der Waals surface area contributed by atoms with Gasteiger partial charge in [-0.25, -0.2) is 14.8 Å². The van der Waals surface area contributed by atoms with Crippen molar-refractivity contribution in [2.75, 3.05) is 31.5 Å². The Bertz CT molecular complexity index is 1260. The molecule has 2 aromatic heterocycles. The summed E-state index contributed by atoms with van der Waals surface area (Å²) in [5, 5.41) is 5.86. The van der Waals surface area contributed by atoms with Crippen molar-refractivity contribution in [1.82, 2.24) is 19.8 Å². The third-order valence-corrected chi connectivity index (χ3v) is 7.51. The number of likely N-dealkylation sites (tertiary alicyclic amines) is 2. The number of amides is 3. The van der Waals surface area contributed by atoms with Crippen LogP contribution in [0, 0.1) is 5.41 Å². The number of ether oxygens (including phenoxy) is 1. The molecule has 5 heterocycles. The van der Waals surface area contributed by atoms with Gasteiger partial charge in [0.05, 0.1) is 5.41 Å². The third kappa shape index (κ3) is 5.58. The molecule has 1 spiro atoms. The van der Waals surface area contributed by atoms with Gasteiger partial charge in [-0.1, -0.05) is 5.57 Å². The molecule has 194 valence electrons. The van der Waals surface area contributed by atoms with E-state index in [0.29, 0.717) is 38.4 Å². The van der Waals surface area contributed by atoms with Crippen LogP contribution >= 0.6 is 11.3 Å². The quantitative estimate of drug-likeness (QED) is 0.613. The van der Waals surface area contributed by atoms with Gasteiger partial charge in [-0.2, -0.15) is 0 Å². The number of carbonyl (C=O) groups is 3. The van der Waals surface area contributed by atoms with E-state index in [-0.39, 0.29) is 11.8 Å². The second-order valence-electron chi connectivity index (χ2n) is 10.9. The molecule has 37 heavy (non-hydrogen) atoms. The number of thiazole rings is 1. The third-order valence-electron chi connectivity index (χ3n) is 6.78. The molecule has 0 bridgehead atoms. The number of rotatable bonds is 3. The number of anilines is 1. The number of nitrogens with one attached hydrogen (secondary N) is 1. The molecular weight excluding hydrogens is 490 g/mol. The number of fused-ring (bicyclic) bond motifs is 1. The van der Waals surface area contributed by atoms with Crippen molar-refractivity contribution in [3.63, 3.8) is 0 Å². The molecule has 3 aliphatic heterocycles. The predicted octanol–water partition coefficient (Wildman–Crippen LogP) is 3.99. The van der Waals surface area contributed by atoms with E-state index in [1.54, 1.807) is 40.8 Å². The summed E-state index contributed by atoms with van der Waals surface area (Å²) in [6, 6.07) is 1.95. The fraction of sp³-hybridized carbons (Fsp3) is 0.444. The molecule has 0 radical (unpaired) electrons. The van der Waals surface area contributed by atoms with Crippen LogP contribution in [0.15, 0.2) is 35.5 Å². The SMILES string of the molecule is CC(C)(C)OC(=O)N1CC2(Cc3cc(C=CC(=O)N4CCC(=Cc5nccs5)CC4)cnc3NC2=O)C1. The van der Waals surface area contributed by atoms with Crippen molar-refractivity contribution in [2.24, 2.45) is 5.41 Å². The Labute approximate surface area is 220 Å². The molecule has 3 amide bonds. The van der Waals surface area contributed by atoms with Gasteiger partial charge in [-0.3, -0.25) is 9.59 Å². The zero-order valence-electron chi connectivity index (χ0n) is 21.3. The van der Waals surface area contributed by atoms with E-state index in [9.17, 15) is 14.4 Å². The van der Waals surface area contributed by atoms with Gasteiger partial charge in [-0.05, 0) is 69.4 Å². The standard InChI is InChI=1S/C27H31N5O4S/c1-26(2,3)36-25(35)32-16-27(17-32)14-20-12-19(15-29-23(20)30-24(27)34)4-5-22(33)31-9-6-18(7-10-31)13-21-28-8-11-37-21/h4-5,8,11-13,15H,6-7,9-10,14,16-17H2,1-3H3,(H,29,30,34). The van der Waals surface area contributed by atoms with E-state index >= 15 is 0 Å². The van der Waals surface area contributed by atoms with Crippen LogP contribution in [0.5, 0.6) is 0 Å². The van der Waals surface area contributed by atoms with Crippen LogP contribution in [0.3, 0.4) is 0 Å². The van der Waals surface area contributed by atoms with Crippen molar-refractivity contribution < 1.29 is 19.1 Å². The number of pyridine rings is 1. The molecule has 0 aromatic carbocycles. The number of hydrogen-bond donors (Lipinski definition) is 1. The molecule has 5 rings (SSSR count). The van der Waals surface area contributed by atoms with Gasteiger partial charge >= 0.3 is 6.09 Å². The lowest BCUT2D eigenvalue weighted by molar-refractivity contribution is -0.135. The summed E-state index contributed by atoms with van der Waals surface area (Å²) in [5.41, 5.74) is 1.75. The first-order valence-corrected chi connectivity index (χ1v) is 13.3. The molecule has 0 atom stereocenters. The van der Waals surface area contributed by atoms with Crippen LogP contribution in [-0.4, -0.2) is 69.5 Å². The van der Waals surface area contributed by atoms with E-state index < -0.39 is 17.1 Å². The molecule has 2 saturated heterocycles. The van der Waals surface area contributed by atoms with Gasteiger partial charge in [0.15, 0.2) is 0 Å². The minimum absolute atomic E-state index is 0.0252. The molecule has 0 aliphatic carbocycles. The maximum atomic E-state index is 12.8. The van der Waals surface area contributed by atoms with Crippen LogP contribution in [0.2, 0.25) is 0 Å². The Morgan fingerprint density at radius 2 is 1.92 bits per heavy atom. The molecule has 9 nitrogen and oxygen atoms in total. The van der Waals surface area contributed by atoms with Crippen molar-refractivity contribution in [1.29, 1.82) is 0 Å². The smallest absolute Gasteiger partial charge is 0.410 e. The highest BCUT2D eigenvalue weighted by Gasteiger charge is 2.54. The number of nitrogens with zero attached hydrogens (tertiary/aromatic N) is 4. The zero-order valence-corrected chi connectivity index (χ0v) is 22.1. The van der Waals surface area contributed by atoms with E-state index in [0.717, 1.165) is 29.0 Å². The Balaban J connectivity index is 1.19.